The predicted octanol–water partition coefficient (Wildman–Crippen LogP) is 1.10. The maximum absolute atomic E-state index is 11.6. The molecule has 1 atom stereocenters. The van der Waals surface area contributed by atoms with Gasteiger partial charge in [0, 0.05) is 17.7 Å². The molecule has 0 bridgehead atoms. The summed E-state index contributed by atoms with van der Waals surface area (Å²) in [6.45, 7) is 3.81. The summed E-state index contributed by atoms with van der Waals surface area (Å²) in [4.78, 5) is 16.9. The summed E-state index contributed by atoms with van der Waals surface area (Å²) in [5.74, 6) is 0.137. The number of thiazole rings is 1. The normalized spacial score (nSPS) is 20.5. The number of rotatable bonds is 3. The first-order valence-electron chi connectivity index (χ1n) is 5.02. The van der Waals surface area contributed by atoms with Gasteiger partial charge in [0.25, 0.3) is 0 Å². The topological polar surface area (TPSA) is 51.2 Å². The third-order valence-corrected chi connectivity index (χ3v) is 3.32. The third kappa shape index (κ3) is 2.76. The fraction of sp³-hybridized carbons (Fsp3) is 0.600. The van der Waals surface area contributed by atoms with E-state index in [2.05, 4.69) is 10.3 Å². The van der Waals surface area contributed by atoms with Crippen molar-refractivity contribution in [1.29, 1.82) is 0 Å². The Morgan fingerprint density at radius 2 is 2.67 bits per heavy atom. The first-order chi connectivity index (χ1) is 7.25. The number of aromatic nitrogens is 1. The molecule has 4 nitrogen and oxygen atoms in total. The number of ether oxygens (including phenoxy) is 1. The van der Waals surface area contributed by atoms with E-state index in [9.17, 15) is 4.79 Å². The Balaban J connectivity index is 1.80. The zero-order valence-corrected chi connectivity index (χ0v) is 9.47. The molecule has 1 amide bonds. The van der Waals surface area contributed by atoms with Gasteiger partial charge in [-0.05, 0) is 13.3 Å². The first kappa shape index (κ1) is 10.6. The zero-order chi connectivity index (χ0) is 10.7. The van der Waals surface area contributed by atoms with E-state index in [0.717, 1.165) is 16.3 Å². The highest BCUT2D eigenvalue weighted by Gasteiger charge is 2.22. The molecule has 1 N–H and O–H groups in total. The fourth-order valence-corrected chi connectivity index (χ4v) is 2.28. The molecule has 1 fully saturated rings. The van der Waals surface area contributed by atoms with Gasteiger partial charge in [-0.1, -0.05) is 0 Å². The number of amides is 1. The van der Waals surface area contributed by atoms with E-state index in [1.165, 1.54) is 0 Å². The van der Waals surface area contributed by atoms with Crippen molar-refractivity contribution in [2.45, 2.75) is 19.9 Å². The minimum atomic E-state index is 0.0408. The molecule has 0 aromatic carbocycles. The number of aryl methyl sites for hydroxylation is 1. The fourth-order valence-electron chi connectivity index (χ4n) is 1.55. The minimum Gasteiger partial charge on any atom is -0.381 e. The standard InChI is InChI=1S/C10H14N2O2S/c1-7-11-4-9(15-7)5-12-10(13)8-2-3-14-6-8/h4,8H,2-3,5-6H2,1H3,(H,12,13). The van der Waals surface area contributed by atoms with Crippen molar-refractivity contribution in [3.05, 3.63) is 16.1 Å². The Labute approximate surface area is 92.7 Å². The van der Waals surface area contributed by atoms with E-state index in [0.29, 0.717) is 19.8 Å². The van der Waals surface area contributed by atoms with Crippen molar-refractivity contribution in [2.24, 2.45) is 5.92 Å². The van der Waals surface area contributed by atoms with Crippen molar-refractivity contribution in [3.8, 4) is 0 Å². The lowest BCUT2D eigenvalue weighted by Crippen LogP contribution is -2.30. The van der Waals surface area contributed by atoms with Crippen molar-refractivity contribution < 1.29 is 9.53 Å². The van der Waals surface area contributed by atoms with Crippen LogP contribution in [0.1, 0.15) is 16.3 Å². The Morgan fingerprint density at radius 1 is 1.80 bits per heavy atom. The van der Waals surface area contributed by atoms with Crippen molar-refractivity contribution in [3.63, 3.8) is 0 Å². The van der Waals surface area contributed by atoms with Gasteiger partial charge in [0.1, 0.15) is 0 Å². The second kappa shape index (κ2) is 4.72. The maximum atomic E-state index is 11.6. The van der Waals surface area contributed by atoms with Crippen molar-refractivity contribution >= 4 is 17.2 Å². The van der Waals surface area contributed by atoms with Gasteiger partial charge in [0.2, 0.25) is 5.91 Å². The Morgan fingerprint density at radius 3 is 3.27 bits per heavy atom. The summed E-state index contributed by atoms with van der Waals surface area (Å²) in [6.07, 6.45) is 2.65. The van der Waals surface area contributed by atoms with Gasteiger partial charge < -0.3 is 10.1 Å². The van der Waals surface area contributed by atoms with Crippen molar-refractivity contribution in [1.82, 2.24) is 10.3 Å². The van der Waals surface area contributed by atoms with Crippen LogP contribution in [-0.4, -0.2) is 24.1 Å². The Kier molecular flexibility index (Phi) is 3.33. The smallest absolute Gasteiger partial charge is 0.225 e. The van der Waals surface area contributed by atoms with Crippen LogP contribution >= 0.6 is 11.3 Å². The summed E-state index contributed by atoms with van der Waals surface area (Å²) in [6, 6.07) is 0. The van der Waals surface area contributed by atoms with Gasteiger partial charge >= 0.3 is 0 Å². The van der Waals surface area contributed by atoms with Gasteiger partial charge in [-0.15, -0.1) is 11.3 Å². The van der Waals surface area contributed by atoms with E-state index in [-0.39, 0.29) is 11.8 Å². The van der Waals surface area contributed by atoms with Gasteiger partial charge in [-0.3, -0.25) is 4.79 Å². The predicted molar refractivity (Wildman–Crippen MR) is 57.6 cm³/mol. The number of hydrogen-bond acceptors (Lipinski definition) is 4. The number of carbonyl (C=O) groups is 1. The highest BCUT2D eigenvalue weighted by molar-refractivity contribution is 7.11. The first-order valence-corrected chi connectivity index (χ1v) is 5.84. The molecule has 2 rings (SSSR count). The molecule has 82 valence electrons. The minimum absolute atomic E-state index is 0.0408. The molecule has 2 heterocycles. The maximum Gasteiger partial charge on any atom is 0.225 e. The molecule has 1 saturated heterocycles. The number of nitrogens with one attached hydrogen (secondary N) is 1. The molecule has 0 radical (unpaired) electrons. The molecular weight excluding hydrogens is 212 g/mol. The average molecular weight is 226 g/mol. The van der Waals surface area contributed by atoms with E-state index in [1.54, 1.807) is 11.3 Å². The van der Waals surface area contributed by atoms with Gasteiger partial charge in [0.05, 0.1) is 24.1 Å². The molecule has 15 heavy (non-hydrogen) atoms. The second-order valence-corrected chi connectivity index (χ2v) is 4.94. The van der Waals surface area contributed by atoms with E-state index in [1.807, 2.05) is 13.1 Å². The van der Waals surface area contributed by atoms with Gasteiger partial charge in [-0.25, -0.2) is 4.98 Å². The largest absolute Gasteiger partial charge is 0.381 e. The van der Waals surface area contributed by atoms with Crippen LogP contribution in [0.15, 0.2) is 6.20 Å². The average Bonchev–Trinajstić information content (AvgIpc) is 2.84. The van der Waals surface area contributed by atoms with Gasteiger partial charge in [-0.2, -0.15) is 0 Å². The molecule has 1 aromatic rings. The summed E-state index contributed by atoms with van der Waals surface area (Å²) in [7, 11) is 0. The zero-order valence-electron chi connectivity index (χ0n) is 8.66. The molecule has 1 aliphatic rings. The van der Waals surface area contributed by atoms with Crippen LogP contribution in [0.5, 0.6) is 0 Å². The molecule has 0 aliphatic carbocycles. The van der Waals surface area contributed by atoms with Crippen molar-refractivity contribution in [2.75, 3.05) is 13.2 Å². The third-order valence-electron chi connectivity index (χ3n) is 2.41. The van der Waals surface area contributed by atoms with Crippen LogP contribution in [0, 0.1) is 12.8 Å². The lowest BCUT2D eigenvalue weighted by atomic mass is 10.1. The number of carbonyl (C=O) groups excluding carboxylic acids is 1. The van der Waals surface area contributed by atoms with E-state index >= 15 is 0 Å². The van der Waals surface area contributed by atoms with Crippen LogP contribution in [0.4, 0.5) is 0 Å². The quantitative estimate of drug-likeness (QED) is 0.839. The van der Waals surface area contributed by atoms with E-state index < -0.39 is 0 Å². The number of nitrogens with zero attached hydrogens (tertiary/aromatic N) is 1. The molecule has 1 unspecified atom stereocenters. The Hall–Kier alpha value is -0.940. The van der Waals surface area contributed by atoms with E-state index in [4.69, 9.17) is 4.74 Å². The van der Waals surface area contributed by atoms with Gasteiger partial charge in [0.15, 0.2) is 0 Å². The molecule has 1 aliphatic heterocycles. The highest BCUT2D eigenvalue weighted by Crippen LogP contribution is 2.14. The summed E-state index contributed by atoms with van der Waals surface area (Å²) < 4.78 is 5.16. The second-order valence-electron chi connectivity index (χ2n) is 3.62. The molecule has 0 saturated carbocycles. The lowest BCUT2D eigenvalue weighted by Gasteiger charge is -2.07. The van der Waals surface area contributed by atoms with Crippen LogP contribution < -0.4 is 5.32 Å². The van der Waals surface area contributed by atoms with Crippen LogP contribution in [0.25, 0.3) is 0 Å². The summed E-state index contributed by atoms with van der Waals surface area (Å²) >= 11 is 1.62. The molecule has 0 spiro atoms. The molecule has 1 aromatic heterocycles. The monoisotopic (exact) mass is 226 g/mol. The molecule has 5 heteroatoms. The van der Waals surface area contributed by atoms with Crippen LogP contribution in [0.3, 0.4) is 0 Å². The van der Waals surface area contributed by atoms with Crippen LogP contribution in [-0.2, 0) is 16.1 Å². The molecular formula is C10H14N2O2S. The Bertz CT molecular complexity index is 345. The highest BCUT2D eigenvalue weighted by atomic mass is 32.1. The lowest BCUT2D eigenvalue weighted by molar-refractivity contribution is -0.125. The summed E-state index contributed by atoms with van der Waals surface area (Å²) in [5, 5.41) is 3.94. The number of hydrogen-bond donors (Lipinski definition) is 1. The summed E-state index contributed by atoms with van der Waals surface area (Å²) in [5.41, 5.74) is 0. The SMILES string of the molecule is Cc1ncc(CNC(=O)C2CCOC2)s1. The van der Waals surface area contributed by atoms with Crippen LogP contribution in [0.2, 0.25) is 0 Å².